The van der Waals surface area contributed by atoms with Gasteiger partial charge < -0.3 is 37.6 Å². The molecule has 4 unspecified atom stereocenters. The topological polar surface area (TPSA) is 214 Å². The zero-order valence-corrected chi connectivity index (χ0v) is 21.5. The lowest BCUT2D eigenvalue weighted by molar-refractivity contribution is -0.142. The lowest BCUT2D eigenvalue weighted by atomic mass is 10.1. The number of rotatable bonds is 16. The normalized spacial score (nSPS) is 14.1. The molecule has 0 saturated heterocycles. The molecular weight excluding hydrogens is 510 g/mol. The summed E-state index contributed by atoms with van der Waals surface area (Å²) in [7, 11) is 0. The number of phenols is 1. The Kier molecular flexibility index (Phi) is 13.7. The number of amides is 4. The Hall–Kier alpha value is -2.97. The molecule has 1 rings (SSSR count). The standard InChI is InChI=1S/C22H33N5O7S2/c1-36-9-8-15(20(31)26-16(22(33)34)6-7-18(24)29)25-21(32)17(11-35)27-19(30)14(23)10-12-2-4-13(28)5-3-12/h2-5,14-17,28,35H,6-11,23H2,1H3,(H2,24,29)(H,25,32)(H,26,31)(H,27,30)(H,33,34). The quantitative estimate of drug-likeness (QED) is 0.117. The van der Waals surface area contributed by atoms with Crippen molar-refractivity contribution >= 4 is 54.0 Å². The first kappa shape index (κ1) is 31.1. The van der Waals surface area contributed by atoms with Crippen molar-refractivity contribution in [1.82, 2.24) is 16.0 Å². The number of carboxylic acids is 1. The highest BCUT2D eigenvalue weighted by Gasteiger charge is 2.29. The molecule has 0 aliphatic rings. The molecule has 200 valence electrons. The van der Waals surface area contributed by atoms with Crippen LogP contribution in [0.5, 0.6) is 5.75 Å². The number of hydrogen-bond acceptors (Lipinski definition) is 9. The minimum atomic E-state index is -1.36. The Morgan fingerprint density at radius 1 is 0.944 bits per heavy atom. The molecule has 0 heterocycles. The molecule has 0 aliphatic heterocycles. The molecule has 1 aromatic carbocycles. The Morgan fingerprint density at radius 3 is 2.03 bits per heavy atom. The van der Waals surface area contributed by atoms with E-state index in [1.807, 2.05) is 0 Å². The van der Waals surface area contributed by atoms with E-state index in [1.165, 1.54) is 23.9 Å². The van der Waals surface area contributed by atoms with E-state index in [0.29, 0.717) is 11.3 Å². The summed E-state index contributed by atoms with van der Waals surface area (Å²) in [6.45, 7) is 0. The molecule has 0 bridgehead atoms. The number of nitrogens with one attached hydrogen (secondary N) is 3. The summed E-state index contributed by atoms with van der Waals surface area (Å²) in [5.74, 6) is -3.64. The number of hydrogen-bond donors (Lipinski definition) is 8. The van der Waals surface area contributed by atoms with Crippen LogP contribution >= 0.6 is 24.4 Å². The van der Waals surface area contributed by atoms with Crippen LogP contribution in [0.3, 0.4) is 0 Å². The van der Waals surface area contributed by atoms with Gasteiger partial charge in [0.15, 0.2) is 0 Å². The number of carbonyl (C=O) groups excluding carboxylic acids is 4. The summed E-state index contributed by atoms with van der Waals surface area (Å²) < 4.78 is 0. The molecular formula is C22H33N5O7S2. The number of aromatic hydroxyl groups is 1. The van der Waals surface area contributed by atoms with E-state index in [2.05, 4.69) is 28.6 Å². The predicted molar refractivity (Wildman–Crippen MR) is 138 cm³/mol. The zero-order valence-electron chi connectivity index (χ0n) is 19.8. The summed E-state index contributed by atoms with van der Waals surface area (Å²) in [5.41, 5.74) is 11.7. The third kappa shape index (κ3) is 11.2. The van der Waals surface area contributed by atoms with Crippen molar-refractivity contribution in [1.29, 1.82) is 0 Å². The van der Waals surface area contributed by atoms with E-state index in [1.54, 1.807) is 18.4 Å². The lowest BCUT2D eigenvalue weighted by Gasteiger charge is -2.24. The predicted octanol–water partition coefficient (Wildman–Crippen LogP) is -1.25. The molecule has 0 aliphatic carbocycles. The van der Waals surface area contributed by atoms with Gasteiger partial charge in [0.1, 0.15) is 23.9 Å². The summed E-state index contributed by atoms with van der Waals surface area (Å²) in [6.07, 6.45) is 1.71. The highest BCUT2D eigenvalue weighted by atomic mass is 32.2. The second-order valence-electron chi connectivity index (χ2n) is 7.97. The maximum atomic E-state index is 12.8. The van der Waals surface area contributed by atoms with Crippen LogP contribution in [0, 0.1) is 0 Å². The smallest absolute Gasteiger partial charge is 0.326 e. The molecule has 4 amide bonds. The van der Waals surface area contributed by atoms with Gasteiger partial charge in [0.05, 0.1) is 6.04 Å². The molecule has 12 nitrogen and oxygen atoms in total. The molecule has 0 fully saturated rings. The zero-order chi connectivity index (χ0) is 27.3. The van der Waals surface area contributed by atoms with Crippen molar-refractivity contribution in [3.8, 4) is 5.75 Å². The van der Waals surface area contributed by atoms with Gasteiger partial charge in [0.2, 0.25) is 23.6 Å². The van der Waals surface area contributed by atoms with E-state index in [4.69, 9.17) is 11.5 Å². The van der Waals surface area contributed by atoms with Crippen molar-refractivity contribution in [2.75, 3.05) is 17.8 Å². The van der Waals surface area contributed by atoms with E-state index in [-0.39, 0.29) is 37.2 Å². The van der Waals surface area contributed by atoms with Crippen molar-refractivity contribution in [3.05, 3.63) is 29.8 Å². The second-order valence-corrected chi connectivity index (χ2v) is 9.32. The average molecular weight is 544 g/mol. The van der Waals surface area contributed by atoms with Gasteiger partial charge in [-0.05, 0) is 49.0 Å². The minimum absolute atomic E-state index is 0.0752. The van der Waals surface area contributed by atoms with Gasteiger partial charge in [-0.25, -0.2) is 4.79 Å². The number of carboxylic acid groups (broad SMARTS) is 1. The third-order valence-corrected chi connectivity index (χ3v) is 6.09. The van der Waals surface area contributed by atoms with Crippen LogP contribution in [0.4, 0.5) is 0 Å². The van der Waals surface area contributed by atoms with Crippen LogP contribution < -0.4 is 27.4 Å². The maximum Gasteiger partial charge on any atom is 0.326 e. The number of thioether (sulfide) groups is 1. The fourth-order valence-electron chi connectivity index (χ4n) is 3.04. The van der Waals surface area contributed by atoms with Crippen molar-refractivity contribution < 1.29 is 34.2 Å². The molecule has 0 aromatic heterocycles. The van der Waals surface area contributed by atoms with E-state index in [0.717, 1.165) is 0 Å². The first-order chi connectivity index (χ1) is 17.0. The van der Waals surface area contributed by atoms with E-state index in [9.17, 15) is 34.2 Å². The number of nitrogens with two attached hydrogens (primary N) is 2. The number of carbonyl (C=O) groups is 5. The van der Waals surface area contributed by atoms with Gasteiger partial charge in [-0.15, -0.1) is 0 Å². The highest BCUT2D eigenvalue weighted by molar-refractivity contribution is 7.98. The summed E-state index contributed by atoms with van der Waals surface area (Å²) >= 11 is 5.53. The van der Waals surface area contributed by atoms with Crippen LogP contribution in [-0.4, -0.2) is 81.7 Å². The number of benzene rings is 1. The number of aliphatic carboxylic acids is 1. The third-order valence-electron chi connectivity index (χ3n) is 5.08. The van der Waals surface area contributed by atoms with Gasteiger partial charge in [-0.1, -0.05) is 12.1 Å². The van der Waals surface area contributed by atoms with Gasteiger partial charge in [-0.2, -0.15) is 24.4 Å². The van der Waals surface area contributed by atoms with Gasteiger partial charge in [0, 0.05) is 12.2 Å². The maximum absolute atomic E-state index is 12.8. The number of thiol groups is 1. The SMILES string of the molecule is CSCCC(NC(=O)C(CS)NC(=O)C(N)Cc1ccc(O)cc1)C(=O)NC(CCC(N)=O)C(=O)O. The van der Waals surface area contributed by atoms with Crippen molar-refractivity contribution in [2.24, 2.45) is 11.5 Å². The van der Waals surface area contributed by atoms with Gasteiger partial charge in [0.25, 0.3) is 0 Å². The Labute approximate surface area is 218 Å². The van der Waals surface area contributed by atoms with Crippen LogP contribution in [-0.2, 0) is 30.4 Å². The second kappa shape index (κ2) is 15.9. The molecule has 0 spiro atoms. The Balaban J connectivity index is 2.81. The van der Waals surface area contributed by atoms with Crippen molar-refractivity contribution in [2.45, 2.75) is 49.9 Å². The highest BCUT2D eigenvalue weighted by Crippen LogP contribution is 2.11. The monoisotopic (exact) mass is 543 g/mol. The summed E-state index contributed by atoms with van der Waals surface area (Å²) in [4.78, 5) is 60.6. The van der Waals surface area contributed by atoms with Crippen LogP contribution in [0.25, 0.3) is 0 Å². The van der Waals surface area contributed by atoms with E-state index < -0.39 is 53.8 Å². The molecule has 0 saturated carbocycles. The van der Waals surface area contributed by atoms with E-state index >= 15 is 0 Å². The summed E-state index contributed by atoms with van der Waals surface area (Å²) in [6, 6.07) is 1.62. The largest absolute Gasteiger partial charge is 0.508 e. The first-order valence-electron chi connectivity index (χ1n) is 11.0. The Bertz CT molecular complexity index is 917. The Morgan fingerprint density at radius 2 is 1.50 bits per heavy atom. The first-order valence-corrected chi connectivity index (χ1v) is 13.1. The molecule has 1 aromatic rings. The van der Waals surface area contributed by atoms with Crippen LogP contribution in [0.2, 0.25) is 0 Å². The molecule has 36 heavy (non-hydrogen) atoms. The average Bonchev–Trinajstić information content (AvgIpc) is 2.83. The van der Waals surface area contributed by atoms with Gasteiger partial charge in [-0.3, -0.25) is 19.2 Å². The molecule has 4 atom stereocenters. The van der Waals surface area contributed by atoms with Crippen molar-refractivity contribution in [3.63, 3.8) is 0 Å². The lowest BCUT2D eigenvalue weighted by Crippen LogP contribution is -2.58. The fourth-order valence-corrected chi connectivity index (χ4v) is 3.77. The molecule has 0 radical (unpaired) electrons. The molecule has 14 heteroatoms. The van der Waals surface area contributed by atoms with Gasteiger partial charge >= 0.3 is 5.97 Å². The summed E-state index contributed by atoms with van der Waals surface area (Å²) in [5, 5.41) is 26.0. The number of primary amides is 1. The fraction of sp³-hybridized carbons (Fsp3) is 0.500. The molecule has 9 N–H and O–H groups in total. The van der Waals surface area contributed by atoms with Crippen LogP contribution in [0.15, 0.2) is 24.3 Å². The minimum Gasteiger partial charge on any atom is -0.508 e. The number of phenolic OH excluding ortho intramolecular Hbond substituents is 1. The van der Waals surface area contributed by atoms with Crippen LogP contribution in [0.1, 0.15) is 24.8 Å².